The molecule has 0 saturated carbocycles. The summed E-state index contributed by atoms with van der Waals surface area (Å²) in [5.74, 6) is -0.402. The van der Waals surface area contributed by atoms with Gasteiger partial charge < -0.3 is 5.11 Å². The topological polar surface area (TPSA) is 40.5 Å². The maximum atomic E-state index is 11.2. The molecule has 0 amide bonds. The third-order valence-electron chi connectivity index (χ3n) is 3.89. The fourth-order valence-corrected chi connectivity index (χ4v) is 2.98. The average Bonchev–Trinajstić information content (AvgIpc) is 2.38. The highest BCUT2D eigenvalue weighted by Crippen LogP contribution is 2.23. The molecule has 0 spiro atoms. The molecule has 2 atom stereocenters. The van der Waals surface area contributed by atoms with E-state index in [2.05, 4.69) is 43.0 Å². The minimum absolute atomic E-state index is 0.210. The maximum Gasteiger partial charge on any atom is 0.307 e. The molecule has 0 aromatic heterocycles. The molecule has 1 heterocycles. The lowest BCUT2D eigenvalue weighted by atomic mass is 9.90. The van der Waals surface area contributed by atoms with Gasteiger partial charge in [0, 0.05) is 19.6 Å². The standard InChI is InChI=1S/C16H23NO2/c1-3-13-5-4-6-14(8-13)10-17-9-12(2)7-15(11-17)16(18)19/h4-6,8,12,15H,3,7,9-11H2,1-2H3,(H,18,19). The molecule has 0 aliphatic carbocycles. The number of hydrogen-bond acceptors (Lipinski definition) is 2. The molecule has 1 aromatic carbocycles. The van der Waals surface area contributed by atoms with Crippen LogP contribution in [0, 0.1) is 11.8 Å². The molecule has 1 N–H and O–H groups in total. The smallest absolute Gasteiger partial charge is 0.307 e. The van der Waals surface area contributed by atoms with Crippen molar-refractivity contribution in [3.63, 3.8) is 0 Å². The summed E-state index contributed by atoms with van der Waals surface area (Å²) in [4.78, 5) is 13.5. The van der Waals surface area contributed by atoms with Gasteiger partial charge in [-0.05, 0) is 29.9 Å². The van der Waals surface area contributed by atoms with Gasteiger partial charge in [-0.15, -0.1) is 0 Å². The van der Waals surface area contributed by atoms with E-state index in [1.807, 2.05) is 0 Å². The van der Waals surface area contributed by atoms with Crippen LogP contribution in [-0.2, 0) is 17.8 Å². The SMILES string of the molecule is CCc1cccc(CN2CC(C)CC(C(=O)O)C2)c1. The normalized spacial score (nSPS) is 24.3. The van der Waals surface area contributed by atoms with Crippen molar-refractivity contribution in [1.82, 2.24) is 4.90 Å². The Morgan fingerprint density at radius 1 is 1.37 bits per heavy atom. The van der Waals surface area contributed by atoms with Crippen LogP contribution in [-0.4, -0.2) is 29.1 Å². The average molecular weight is 261 g/mol. The third kappa shape index (κ3) is 3.80. The quantitative estimate of drug-likeness (QED) is 0.906. The Labute approximate surface area is 115 Å². The summed E-state index contributed by atoms with van der Waals surface area (Å²) in [6, 6.07) is 8.60. The Kier molecular flexibility index (Phi) is 4.59. The molecule has 0 radical (unpaired) electrons. The summed E-state index contributed by atoms with van der Waals surface area (Å²) in [6.07, 6.45) is 1.85. The fourth-order valence-electron chi connectivity index (χ4n) is 2.98. The Morgan fingerprint density at radius 3 is 2.79 bits per heavy atom. The molecular formula is C16H23NO2. The van der Waals surface area contributed by atoms with E-state index in [1.54, 1.807) is 0 Å². The van der Waals surface area contributed by atoms with Crippen molar-refractivity contribution in [3.8, 4) is 0 Å². The highest BCUT2D eigenvalue weighted by molar-refractivity contribution is 5.70. The van der Waals surface area contributed by atoms with Gasteiger partial charge in [-0.3, -0.25) is 9.69 Å². The first-order valence-electron chi connectivity index (χ1n) is 7.11. The first-order valence-corrected chi connectivity index (χ1v) is 7.11. The Balaban J connectivity index is 2.03. The zero-order valence-corrected chi connectivity index (χ0v) is 11.8. The van der Waals surface area contributed by atoms with Gasteiger partial charge in [-0.25, -0.2) is 0 Å². The van der Waals surface area contributed by atoms with Gasteiger partial charge in [-0.2, -0.15) is 0 Å². The maximum absolute atomic E-state index is 11.2. The van der Waals surface area contributed by atoms with Gasteiger partial charge in [0.1, 0.15) is 0 Å². The summed E-state index contributed by atoms with van der Waals surface area (Å²) >= 11 is 0. The first kappa shape index (κ1) is 14.1. The molecular weight excluding hydrogens is 238 g/mol. The van der Waals surface area contributed by atoms with Crippen LogP contribution in [0.1, 0.15) is 31.4 Å². The molecule has 1 saturated heterocycles. The monoisotopic (exact) mass is 261 g/mol. The zero-order valence-electron chi connectivity index (χ0n) is 11.8. The van der Waals surface area contributed by atoms with Crippen molar-refractivity contribution in [2.24, 2.45) is 11.8 Å². The molecule has 2 unspecified atom stereocenters. The van der Waals surface area contributed by atoms with Crippen molar-refractivity contribution in [3.05, 3.63) is 35.4 Å². The fraction of sp³-hybridized carbons (Fsp3) is 0.562. The predicted molar refractivity (Wildman–Crippen MR) is 76.0 cm³/mol. The van der Waals surface area contributed by atoms with Crippen LogP contribution in [0.2, 0.25) is 0 Å². The lowest BCUT2D eigenvalue weighted by molar-refractivity contribution is -0.144. The number of carboxylic acids is 1. The van der Waals surface area contributed by atoms with E-state index in [9.17, 15) is 9.90 Å². The summed E-state index contributed by atoms with van der Waals surface area (Å²) in [6.45, 7) is 6.84. The number of aryl methyl sites for hydroxylation is 1. The van der Waals surface area contributed by atoms with Crippen LogP contribution in [0.3, 0.4) is 0 Å². The number of hydrogen-bond donors (Lipinski definition) is 1. The Hall–Kier alpha value is -1.35. The lowest BCUT2D eigenvalue weighted by Gasteiger charge is -2.34. The molecule has 1 fully saturated rings. The number of carboxylic acid groups (broad SMARTS) is 1. The molecule has 3 heteroatoms. The molecule has 1 aromatic rings. The highest BCUT2D eigenvalue weighted by Gasteiger charge is 2.29. The van der Waals surface area contributed by atoms with Crippen molar-refractivity contribution in [1.29, 1.82) is 0 Å². The molecule has 1 aliphatic rings. The van der Waals surface area contributed by atoms with Gasteiger partial charge >= 0.3 is 5.97 Å². The number of carbonyl (C=O) groups is 1. The summed E-state index contributed by atoms with van der Waals surface area (Å²) in [5.41, 5.74) is 2.63. The van der Waals surface area contributed by atoms with Crippen LogP contribution in [0.4, 0.5) is 0 Å². The zero-order chi connectivity index (χ0) is 13.8. The third-order valence-corrected chi connectivity index (χ3v) is 3.89. The highest BCUT2D eigenvalue weighted by atomic mass is 16.4. The molecule has 3 nitrogen and oxygen atoms in total. The molecule has 1 aliphatic heterocycles. The number of likely N-dealkylation sites (tertiary alicyclic amines) is 1. The Bertz CT molecular complexity index is 444. The van der Waals surface area contributed by atoms with Crippen LogP contribution in [0.5, 0.6) is 0 Å². The van der Waals surface area contributed by atoms with E-state index in [4.69, 9.17) is 0 Å². The Morgan fingerprint density at radius 2 is 2.11 bits per heavy atom. The minimum atomic E-state index is -0.654. The van der Waals surface area contributed by atoms with Crippen molar-refractivity contribution < 1.29 is 9.90 Å². The van der Waals surface area contributed by atoms with Crippen molar-refractivity contribution in [2.75, 3.05) is 13.1 Å². The van der Waals surface area contributed by atoms with E-state index in [-0.39, 0.29) is 5.92 Å². The number of aliphatic carboxylic acids is 1. The second kappa shape index (κ2) is 6.20. The van der Waals surface area contributed by atoms with Crippen LogP contribution in [0.15, 0.2) is 24.3 Å². The number of benzene rings is 1. The van der Waals surface area contributed by atoms with Crippen molar-refractivity contribution >= 4 is 5.97 Å². The molecule has 0 bridgehead atoms. The first-order chi connectivity index (χ1) is 9.08. The molecule has 2 rings (SSSR count). The summed E-state index contributed by atoms with van der Waals surface area (Å²) < 4.78 is 0. The van der Waals surface area contributed by atoms with Gasteiger partial charge in [-0.1, -0.05) is 38.1 Å². The predicted octanol–water partition coefficient (Wildman–Crippen LogP) is 2.79. The number of rotatable bonds is 4. The largest absolute Gasteiger partial charge is 0.481 e. The van der Waals surface area contributed by atoms with E-state index in [1.165, 1.54) is 11.1 Å². The molecule has 104 valence electrons. The van der Waals surface area contributed by atoms with E-state index in [0.29, 0.717) is 12.5 Å². The minimum Gasteiger partial charge on any atom is -0.481 e. The van der Waals surface area contributed by atoms with Crippen LogP contribution < -0.4 is 0 Å². The van der Waals surface area contributed by atoms with E-state index in [0.717, 1.165) is 25.9 Å². The second-order valence-corrected chi connectivity index (χ2v) is 5.74. The molecule has 19 heavy (non-hydrogen) atoms. The van der Waals surface area contributed by atoms with Crippen LogP contribution >= 0.6 is 0 Å². The second-order valence-electron chi connectivity index (χ2n) is 5.74. The van der Waals surface area contributed by atoms with Gasteiger partial charge in [0.05, 0.1) is 5.92 Å². The lowest BCUT2D eigenvalue weighted by Crippen LogP contribution is -2.41. The van der Waals surface area contributed by atoms with Crippen molar-refractivity contribution in [2.45, 2.75) is 33.2 Å². The van der Waals surface area contributed by atoms with Gasteiger partial charge in [0.25, 0.3) is 0 Å². The number of piperidine rings is 1. The number of nitrogens with zero attached hydrogens (tertiary/aromatic N) is 1. The summed E-state index contributed by atoms with van der Waals surface area (Å²) in [5, 5.41) is 9.20. The summed E-state index contributed by atoms with van der Waals surface area (Å²) in [7, 11) is 0. The van der Waals surface area contributed by atoms with E-state index < -0.39 is 5.97 Å². The van der Waals surface area contributed by atoms with Gasteiger partial charge in [0.15, 0.2) is 0 Å². The van der Waals surface area contributed by atoms with Crippen LogP contribution in [0.25, 0.3) is 0 Å². The van der Waals surface area contributed by atoms with E-state index >= 15 is 0 Å². The van der Waals surface area contributed by atoms with Gasteiger partial charge in [0.2, 0.25) is 0 Å².